The quantitative estimate of drug-likeness (QED) is 0.377. The number of guanidine groups is 1. The first-order valence-electron chi connectivity index (χ1n) is 9.99. The van der Waals surface area contributed by atoms with Crippen molar-refractivity contribution in [3.63, 3.8) is 0 Å². The summed E-state index contributed by atoms with van der Waals surface area (Å²) in [6, 6.07) is 9.83. The van der Waals surface area contributed by atoms with E-state index in [0.29, 0.717) is 18.0 Å². The van der Waals surface area contributed by atoms with Crippen molar-refractivity contribution in [3.05, 3.63) is 35.4 Å². The molecule has 1 saturated carbocycles. The van der Waals surface area contributed by atoms with Gasteiger partial charge in [0.1, 0.15) is 0 Å². The largest absolute Gasteiger partial charge is 0.354 e. The Labute approximate surface area is 176 Å². The van der Waals surface area contributed by atoms with Gasteiger partial charge in [-0.25, -0.2) is 0 Å². The molecule has 2 unspecified atom stereocenters. The lowest BCUT2D eigenvalue weighted by molar-refractivity contribution is 0.203. The third-order valence-electron chi connectivity index (χ3n) is 5.68. The monoisotopic (exact) mass is 470 g/mol. The van der Waals surface area contributed by atoms with E-state index in [2.05, 4.69) is 58.6 Å². The van der Waals surface area contributed by atoms with E-state index < -0.39 is 0 Å². The standard InChI is InChI=1S/C21H34N4.HI/c1-4-5-12-25-13-10-17(11-14-25)23-21(22-3)24-20-15-19(20)18-9-7-6-8-16(18)2;/h6-9,17,19-20H,4-5,10-15H2,1-3H3,(H2,22,23,24);1H. The molecule has 1 saturated heterocycles. The molecule has 5 heteroatoms. The number of rotatable bonds is 6. The van der Waals surface area contributed by atoms with Crippen LogP contribution in [0.2, 0.25) is 0 Å². The maximum absolute atomic E-state index is 4.46. The molecular formula is C21H35IN4. The van der Waals surface area contributed by atoms with Crippen LogP contribution in [0.15, 0.2) is 29.3 Å². The molecule has 1 aliphatic heterocycles. The summed E-state index contributed by atoms with van der Waals surface area (Å²) in [6.45, 7) is 8.17. The molecule has 0 aromatic heterocycles. The number of hydrogen-bond acceptors (Lipinski definition) is 2. The van der Waals surface area contributed by atoms with Crippen LogP contribution in [-0.2, 0) is 0 Å². The van der Waals surface area contributed by atoms with Crippen molar-refractivity contribution in [2.45, 2.75) is 64.0 Å². The molecule has 0 radical (unpaired) electrons. The van der Waals surface area contributed by atoms with Crippen molar-refractivity contribution in [3.8, 4) is 0 Å². The number of aryl methyl sites for hydroxylation is 1. The van der Waals surface area contributed by atoms with E-state index in [-0.39, 0.29) is 24.0 Å². The number of benzene rings is 1. The van der Waals surface area contributed by atoms with Crippen molar-refractivity contribution in [2.24, 2.45) is 4.99 Å². The first-order chi connectivity index (χ1) is 12.2. The van der Waals surface area contributed by atoms with E-state index in [4.69, 9.17) is 0 Å². The highest BCUT2D eigenvalue weighted by molar-refractivity contribution is 14.0. The zero-order valence-electron chi connectivity index (χ0n) is 16.5. The second-order valence-corrected chi connectivity index (χ2v) is 7.64. The molecule has 1 heterocycles. The molecular weight excluding hydrogens is 435 g/mol. The van der Waals surface area contributed by atoms with Crippen LogP contribution in [0.5, 0.6) is 0 Å². The SMILES string of the molecule is CCCCN1CCC(NC(=NC)NC2CC2c2ccccc2C)CC1.I. The number of piperidine rings is 1. The van der Waals surface area contributed by atoms with E-state index in [0.717, 1.165) is 5.96 Å². The normalized spacial score (nSPS) is 24.0. The van der Waals surface area contributed by atoms with Crippen LogP contribution in [0.3, 0.4) is 0 Å². The first-order valence-corrected chi connectivity index (χ1v) is 9.99. The lowest BCUT2D eigenvalue weighted by atomic mass is 10.0. The van der Waals surface area contributed by atoms with Crippen LogP contribution < -0.4 is 10.6 Å². The molecule has 146 valence electrons. The van der Waals surface area contributed by atoms with Gasteiger partial charge >= 0.3 is 0 Å². The molecule has 26 heavy (non-hydrogen) atoms. The number of halogens is 1. The molecule has 0 spiro atoms. The topological polar surface area (TPSA) is 39.7 Å². The van der Waals surface area contributed by atoms with Crippen LogP contribution >= 0.6 is 24.0 Å². The van der Waals surface area contributed by atoms with E-state index in [1.807, 2.05) is 7.05 Å². The second kappa shape index (κ2) is 10.5. The Morgan fingerprint density at radius 3 is 2.58 bits per heavy atom. The van der Waals surface area contributed by atoms with Gasteiger partial charge in [-0.05, 0) is 50.3 Å². The highest BCUT2D eigenvalue weighted by Gasteiger charge is 2.39. The highest BCUT2D eigenvalue weighted by atomic mass is 127. The minimum absolute atomic E-state index is 0. The van der Waals surface area contributed by atoms with E-state index >= 15 is 0 Å². The Morgan fingerprint density at radius 2 is 1.92 bits per heavy atom. The van der Waals surface area contributed by atoms with Crippen molar-refractivity contribution >= 4 is 29.9 Å². The molecule has 2 fully saturated rings. The van der Waals surface area contributed by atoms with Crippen LogP contribution in [0, 0.1) is 6.92 Å². The average molecular weight is 470 g/mol. The fraction of sp³-hybridized carbons (Fsp3) is 0.667. The van der Waals surface area contributed by atoms with Crippen LogP contribution in [0.25, 0.3) is 0 Å². The molecule has 2 atom stereocenters. The van der Waals surface area contributed by atoms with E-state index in [1.165, 1.54) is 62.9 Å². The van der Waals surface area contributed by atoms with Gasteiger partial charge in [0.2, 0.25) is 0 Å². The number of nitrogens with one attached hydrogen (secondary N) is 2. The third-order valence-corrected chi connectivity index (χ3v) is 5.68. The molecule has 0 bridgehead atoms. The van der Waals surface area contributed by atoms with E-state index in [1.54, 1.807) is 0 Å². The maximum Gasteiger partial charge on any atom is 0.191 e. The summed E-state index contributed by atoms with van der Waals surface area (Å²) in [6.07, 6.45) is 6.26. The minimum Gasteiger partial charge on any atom is -0.354 e. The minimum atomic E-state index is 0. The summed E-state index contributed by atoms with van der Waals surface area (Å²) < 4.78 is 0. The predicted octanol–water partition coefficient (Wildman–Crippen LogP) is 3.90. The summed E-state index contributed by atoms with van der Waals surface area (Å²) >= 11 is 0. The fourth-order valence-electron chi connectivity index (χ4n) is 3.92. The van der Waals surface area contributed by atoms with Crippen molar-refractivity contribution in [1.82, 2.24) is 15.5 Å². The Morgan fingerprint density at radius 1 is 1.19 bits per heavy atom. The van der Waals surface area contributed by atoms with Gasteiger partial charge < -0.3 is 15.5 Å². The summed E-state index contributed by atoms with van der Waals surface area (Å²) in [7, 11) is 1.89. The zero-order chi connectivity index (χ0) is 17.6. The molecule has 1 aliphatic carbocycles. The number of nitrogens with zero attached hydrogens (tertiary/aromatic N) is 2. The molecule has 4 nitrogen and oxygen atoms in total. The summed E-state index contributed by atoms with van der Waals surface area (Å²) in [5, 5.41) is 7.29. The van der Waals surface area contributed by atoms with Gasteiger partial charge in [0, 0.05) is 38.1 Å². The first kappa shape index (κ1) is 21.5. The molecule has 2 aliphatic rings. The Balaban J connectivity index is 0.00000243. The average Bonchev–Trinajstić information content (AvgIpc) is 3.39. The van der Waals surface area contributed by atoms with Gasteiger partial charge in [-0.15, -0.1) is 24.0 Å². The number of likely N-dealkylation sites (tertiary alicyclic amines) is 1. The summed E-state index contributed by atoms with van der Waals surface area (Å²) in [5.74, 6) is 1.61. The molecule has 2 N–H and O–H groups in total. The van der Waals surface area contributed by atoms with Crippen molar-refractivity contribution < 1.29 is 0 Å². The molecule has 3 rings (SSSR count). The van der Waals surface area contributed by atoms with Gasteiger partial charge in [0.05, 0.1) is 0 Å². The highest BCUT2D eigenvalue weighted by Crippen LogP contribution is 2.42. The van der Waals surface area contributed by atoms with Gasteiger partial charge in [0.15, 0.2) is 5.96 Å². The second-order valence-electron chi connectivity index (χ2n) is 7.64. The number of hydrogen-bond donors (Lipinski definition) is 2. The number of aliphatic imine (C=N–C) groups is 1. The van der Waals surface area contributed by atoms with Crippen molar-refractivity contribution in [1.29, 1.82) is 0 Å². The lowest BCUT2D eigenvalue weighted by Crippen LogP contribution is -2.49. The Bertz CT molecular complexity index is 581. The third kappa shape index (κ3) is 5.84. The summed E-state index contributed by atoms with van der Waals surface area (Å²) in [4.78, 5) is 7.07. The van der Waals surface area contributed by atoms with Gasteiger partial charge in [0.25, 0.3) is 0 Å². The van der Waals surface area contributed by atoms with Crippen molar-refractivity contribution in [2.75, 3.05) is 26.7 Å². The Kier molecular flexibility index (Phi) is 8.67. The fourth-order valence-corrected chi connectivity index (χ4v) is 3.92. The maximum atomic E-state index is 4.46. The molecule has 0 amide bonds. The van der Waals surface area contributed by atoms with Gasteiger partial charge in [-0.1, -0.05) is 37.6 Å². The van der Waals surface area contributed by atoms with Crippen LogP contribution in [0.1, 0.15) is 56.1 Å². The molecule has 1 aromatic carbocycles. The van der Waals surface area contributed by atoms with Gasteiger partial charge in [-0.3, -0.25) is 4.99 Å². The van der Waals surface area contributed by atoms with Gasteiger partial charge in [-0.2, -0.15) is 0 Å². The lowest BCUT2D eigenvalue weighted by Gasteiger charge is -2.33. The predicted molar refractivity (Wildman–Crippen MR) is 122 cm³/mol. The zero-order valence-corrected chi connectivity index (χ0v) is 18.8. The number of unbranched alkanes of at least 4 members (excludes halogenated alkanes) is 1. The smallest absolute Gasteiger partial charge is 0.191 e. The van der Waals surface area contributed by atoms with E-state index in [9.17, 15) is 0 Å². The summed E-state index contributed by atoms with van der Waals surface area (Å²) in [5.41, 5.74) is 2.89. The Hall–Kier alpha value is -0.820. The van der Waals surface area contributed by atoms with Crippen LogP contribution in [-0.4, -0.2) is 49.6 Å². The molecule has 1 aromatic rings. The van der Waals surface area contributed by atoms with Crippen LogP contribution in [0.4, 0.5) is 0 Å².